The Bertz CT molecular complexity index is 806. The first-order valence-electron chi connectivity index (χ1n) is 5.26. The second kappa shape index (κ2) is 4.23. The number of methoxy groups -OCH3 is 1. The molecule has 6 heteroatoms. The summed E-state index contributed by atoms with van der Waals surface area (Å²) < 4.78 is 7.05. The van der Waals surface area contributed by atoms with Crippen LogP contribution in [-0.4, -0.2) is 21.7 Å². The normalized spacial score (nSPS) is 12.2. The minimum atomic E-state index is -0.143. The molecule has 3 rings (SSSR count). The van der Waals surface area contributed by atoms with Gasteiger partial charge in [0.05, 0.1) is 11.6 Å². The molecule has 0 aliphatic heterocycles. The maximum atomic E-state index is 12.0. The summed E-state index contributed by atoms with van der Waals surface area (Å²) in [4.78, 5) is 16.6. The van der Waals surface area contributed by atoms with Crippen molar-refractivity contribution in [3.05, 3.63) is 51.0 Å². The Morgan fingerprint density at radius 3 is 3.11 bits per heavy atom. The van der Waals surface area contributed by atoms with Gasteiger partial charge in [0.1, 0.15) is 12.1 Å². The molecule has 0 saturated heterocycles. The van der Waals surface area contributed by atoms with Crippen molar-refractivity contribution < 1.29 is 4.74 Å². The van der Waals surface area contributed by atoms with Crippen molar-refractivity contribution in [1.29, 1.82) is 0 Å². The SMILES string of the molecule is COc1cccc(/C=c2\sc3ncnn3c2=O)c1. The lowest BCUT2D eigenvalue weighted by atomic mass is 10.2. The van der Waals surface area contributed by atoms with Crippen molar-refractivity contribution in [2.45, 2.75) is 0 Å². The smallest absolute Gasteiger partial charge is 0.291 e. The number of benzene rings is 1. The number of fused-ring (bicyclic) bond motifs is 1. The summed E-state index contributed by atoms with van der Waals surface area (Å²) in [7, 11) is 1.61. The lowest BCUT2D eigenvalue weighted by molar-refractivity contribution is 0.414. The van der Waals surface area contributed by atoms with Gasteiger partial charge < -0.3 is 4.74 Å². The van der Waals surface area contributed by atoms with Gasteiger partial charge in [-0.1, -0.05) is 23.5 Å². The number of hydrogen-bond donors (Lipinski definition) is 0. The summed E-state index contributed by atoms with van der Waals surface area (Å²) >= 11 is 1.32. The van der Waals surface area contributed by atoms with Crippen LogP contribution in [0.3, 0.4) is 0 Å². The molecule has 1 aromatic carbocycles. The highest BCUT2D eigenvalue weighted by Crippen LogP contribution is 2.12. The number of hydrogen-bond acceptors (Lipinski definition) is 5. The fourth-order valence-electron chi connectivity index (χ4n) is 1.66. The maximum Gasteiger partial charge on any atom is 0.291 e. The van der Waals surface area contributed by atoms with E-state index in [4.69, 9.17) is 4.74 Å². The molecule has 0 fully saturated rings. The molecule has 0 radical (unpaired) electrons. The summed E-state index contributed by atoms with van der Waals surface area (Å²) in [6.07, 6.45) is 3.19. The molecule has 2 aromatic heterocycles. The molecular weight excluding hydrogens is 250 g/mol. The zero-order chi connectivity index (χ0) is 12.5. The lowest BCUT2D eigenvalue weighted by Gasteiger charge is -1.99. The molecule has 0 saturated carbocycles. The Morgan fingerprint density at radius 2 is 2.33 bits per heavy atom. The van der Waals surface area contributed by atoms with Gasteiger partial charge in [0, 0.05) is 0 Å². The predicted octanol–water partition coefficient (Wildman–Crippen LogP) is 0.707. The highest BCUT2D eigenvalue weighted by Gasteiger charge is 2.04. The number of rotatable bonds is 2. The zero-order valence-corrected chi connectivity index (χ0v) is 10.3. The van der Waals surface area contributed by atoms with Crippen LogP contribution in [0, 0.1) is 0 Å². The molecule has 0 aliphatic rings. The average molecular weight is 259 g/mol. The van der Waals surface area contributed by atoms with E-state index in [1.165, 1.54) is 22.2 Å². The number of ether oxygens (including phenoxy) is 1. The molecule has 0 atom stereocenters. The molecule has 0 aliphatic carbocycles. The van der Waals surface area contributed by atoms with Gasteiger partial charge in [-0.15, -0.1) is 0 Å². The van der Waals surface area contributed by atoms with E-state index < -0.39 is 0 Å². The molecule has 0 amide bonds. The third-order valence-corrected chi connectivity index (χ3v) is 3.49. The van der Waals surface area contributed by atoms with Crippen LogP contribution in [0.4, 0.5) is 0 Å². The van der Waals surface area contributed by atoms with Gasteiger partial charge in [-0.25, -0.2) is 4.98 Å². The number of nitrogens with zero attached hydrogens (tertiary/aromatic N) is 3. The quantitative estimate of drug-likeness (QED) is 0.680. The summed E-state index contributed by atoms with van der Waals surface area (Å²) in [5.41, 5.74) is 0.770. The van der Waals surface area contributed by atoms with Crippen LogP contribution in [0.25, 0.3) is 11.0 Å². The van der Waals surface area contributed by atoms with Gasteiger partial charge in [-0.2, -0.15) is 9.61 Å². The first-order valence-corrected chi connectivity index (χ1v) is 6.08. The van der Waals surface area contributed by atoms with Gasteiger partial charge in [-0.3, -0.25) is 4.79 Å². The Kier molecular flexibility index (Phi) is 2.56. The topological polar surface area (TPSA) is 56.5 Å². The fourth-order valence-corrected chi connectivity index (χ4v) is 2.54. The number of thiazole rings is 1. The van der Waals surface area contributed by atoms with Crippen LogP contribution < -0.4 is 14.8 Å². The van der Waals surface area contributed by atoms with Crippen LogP contribution >= 0.6 is 11.3 Å². The van der Waals surface area contributed by atoms with Crippen molar-refractivity contribution in [3.8, 4) is 5.75 Å². The monoisotopic (exact) mass is 259 g/mol. The van der Waals surface area contributed by atoms with E-state index >= 15 is 0 Å². The van der Waals surface area contributed by atoms with Gasteiger partial charge >= 0.3 is 0 Å². The van der Waals surface area contributed by atoms with E-state index in [1.807, 2.05) is 30.3 Å². The first kappa shape index (κ1) is 10.9. The summed E-state index contributed by atoms with van der Waals surface area (Å²) in [5, 5.41) is 3.87. The molecular formula is C12H9N3O2S. The molecule has 0 bridgehead atoms. The van der Waals surface area contributed by atoms with Gasteiger partial charge in [0.15, 0.2) is 0 Å². The molecule has 90 valence electrons. The Hall–Kier alpha value is -2.21. The standard InChI is InChI=1S/C12H9N3O2S/c1-17-9-4-2-3-8(5-9)6-10-11(16)15-12(18-10)13-7-14-15/h2-7H,1H3/b10-6-. The van der Waals surface area contributed by atoms with Crippen LogP contribution in [0.1, 0.15) is 5.56 Å². The molecule has 0 spiro atoms. The van der Waals surface area contributed by atoms with Gasteiger partial charge in [0.2, 0.25) is 4.96 Å². The number of aromatic nitrogens is 3. The van der Waals surface area contributed by atoms with E-state index in [-0.39, 0.29) is 5.56 Å². The molecule has 2 heterocycles. The minimum Gasteiger partial charge on any atom is -0.497 e. The highest BCUT2D eigenvalue weighted by atomic mass is 32.1. The van der Waals surface area contributed by atoms with Crippen molar-refractivity contribution >= 4 is 22.4 Å². The third kappa shape index (κ3) is 1.76. The first-order chi connectivity index (χ1) is 8.78. The molecule has 3 aromatic rings. The van der Waals surface area contributed by atoms with Crippen LogP contribution in [0.15, 0.2) is 35.4 Å². The van der Waals surface area contributed by atoms with E-state index in [1.54, 1.807) is 7.11 Å². The van der Waals surface area contributed by atoms with E-state index in [0.717, 1.165) is 11.3 Å². The highest BCUT2D eigenvalue weighted by molar-refractivity contribution is 7.15. The predicted molar refractivity (Wildman–Crippen MR) is 68.9 cm³/mol. The Labute approximate surface area is 106 Å². The summed E-state index contributed by atoms with van der Waals surface area (Å²) in [5.74, 6) is 0.760. The fraction of sp³-hybridized carbons (Fsp3) is 0.0833. The molecule has 0 N–H and O–H groups in total. The lowest BCUT2D eigenvalue weighted by Crippen LogP contribution is -2.23. The zero-order valence-electron chi connectivity index (χ0n) is 9.53. The van der Waals surface area contributed by atoms with Crippen molar-refractivity contribution in [3.63, 3.8) is 0 Å². The second-order valence-electron chi connectivity index (χ2n) is 3.65. The van der Waals surface area contributed by atoms with Crippen LogP contribution in [0.5, 0.6) is 5.75 Å². The van der Waals surface area contributed by atoms with Gasteiger partial charge in [-0.05, 0) is 23.8 Å². The average Bonchev–Trinajstić information content (AvgIpc) is 2.95. The van der Waals surface area contributed by atoms with Gasteiger partial charge in [0.25, 0.3) is 5.56 Å². The second-order valence-corrected chi connectivity index (χ2v) is 4.66. The molecule has 18 heavy (non-hydrogen) atoms. The van der Waals surface area contributed by atoms with Crippen molar-refractivity contribution in [1.82, 2.24) is 14.6 Å². The minimum absolute atomic E-state index is 0.143. The summed E-state index contributed by atoms with van der Waals surface area (Å²) in [6, 6.07) is 7.53. The van der Waals surface area contributed by atoms with Crippen LogP contribution in [-0.2, 0) is 0 Å². The third-order valence-electron chi connectivity index (χ3n) is 2.51. The van der Waals surface area contributed by atoms with Crippen molar-refractivity contribution in [2.24, 2.45) is 0 Å². The van der Waals surface area contributed by atoms with Crippen molar-refractivity contribution in [2.75, 3.05) is 7.11 Å². The molecule has 5 nitrogen and oxygen atoms in total. The summed E-state index contributed by atoms with van der Waals surface area (Å²) in [6.45, 7) is 0. The Morgan fingerprint density at radius 1 is 1.44 bits per heavy atom. The maximum absolute atomic E-state index is 12.0. The largest absolute Gasteiger partial charge is 0.497 e. The van der Waals surface area contributed by atoms with E-state index in [2.05, 4.69) is 10.1 Å². The van der Waals surface area contributed by atoms with E-state index in [0.29, 0.717) is 9.49 Å². The molecule has 0 unspecified atom stereocenters. The van der Waals surface area contributed by atoms with E-state index in [9.17, 15) is 4.79 Å². The Balaban J connectivity index is 2.18. The van der Waals surface area contributed by atoms with Crippen LogP contribution in [0.2, 0.25) is 0 Å².